The third-order valence-corrected chi connectivity index (χ3v) is 4.95. The van der Waals surface area contributed by atoms with Gasteiger partial charge >= 0.3 is 0 Å². The maximum absolute atomic E-state index is 12.2. The summed E-state index contributed by atoms with van der Waals surface area (Å²) in [5, 5.41) is 15.5. The zero-order valence-electron chi connectivity index (χ0n) is 13.1. The molecule has 1 N–H and O–H groups in total. The molecule has 0 unspecified atom stereocenters. The number of rotatable bonds is 5. The monoisotopic (exact) mass is 437 g/mol. The van der Waals surface area contributed by atoms with Gasteiger partial charge in [-0.25, -0.2) is 0 Å². The third-order valence-electron chi connectivity index (χ3n) is 3.22. The predicted octanol–water partition coefficient (Wildman–Crippen LogP) is 4.12. The van der Waals surface area contributed by atoms with Gasteiger partial charge in [0.1, 0.15) is 0 Å². The van der Waals surface area contributed by atoms with Crippen molar-refractivity contribution in [3.63, 3.8) is 0 Å². The van der Waals surface area contributed by atoms with Crippen molar-refractivity contribution in [1.29, 1.82) is 0 Å². The Hall–Kier alpha value is -1.90. The molecular formula is C16H13BrClN5OS. The number of nitrogens with zero attached hydrogens (tertiary/aromatic N) is 4. The summed E-state index contributed by atoms with van der Waals surface area (Å²) in [7, 11) is 0. The molecule has 128 valence electrons. The zero-order valence-corrected chi connectivity index (χ0v) is 16.3. The first kappa shape index (κ1) is 17.9. The summed E-state index contributed by atoms with van der Waals surface area (Å²) in [6, 6.07) is 13.1. The Balaban J connectivity index is 1.66. The summed E-state index contributed by atoms with van der Waals surface area (Å²) in [5.74, 6) is -0.0218. The molecule has 25 heavy (non-hydrogen) atoms. The molecule has 2 aromatic carbocycles. The van der Waals surface area contributed by atoms with E-state index in [4.69, 9.17) is 11.6 Å². The fourth-order valence-electron chi connectivity index (χ4n) is 2.10. The number of aryl methyl sites for hydroxylation is 1. The van der Waals surface area contributed by atoms with Crippen LogP contribution in [0.25, 0.3) is 5.69 Å². The molecule has 3 rings (SSSR count). The zero-order chi connectivity index (χ0) is 17.8. The van der Waals surface area contributed by atoms with Crippen molar-refractivity contribution in [1.82, 2.24) is 20.2 Å². The number of nitrogens with one attached hydrogen (secondary N) is 1. The number of amides is 1. The fourth-order valence-corrected chi connectivity index (χ4v) is 3.51. The highest BCUT2D eigenvalue weighted by molar-refractivity contribution is 9.10. The molecule has 0 radical (unpaired) electrons. The van der Waals surface area contributed by atoms with Crippen molar-refractivity contribution in [2.24, 2.45) is 0 Å². The van der Waals surface area contributed by atoms with E-state index in [9.17, 15) is 4.79 Å². The molecule has 0 atom stereocenters. The van der Waals surface area contributed by atoms with Crippen LogP contribution in [0, 0.1) is 6.92 Å². The maximum atomic E-state index is 12.2. The minimum absolute atomic E-state index is 0.165. The highest BCUT2D eigenvalue weighted by Crippen LogP contribution is 2.26. The molecule has 3 aromatic rings. The lowest BCUT2D eigenvalue weighted by Crippen LogP contribution is -2.15. The highest BCUT2D eigenvalue weighted by atomic mass is 79.9. The fraction of sp³-hybridized carbons (Fsp3) is 0.125. The second-order valence-corrected chi connectivity index (χ2v) is 7.44. The second-order valence-electron chi connectivity index (χ2n) is 5.17. The standard InChI is InChI=1S/C16H13BrClN5OS/c1-10-3-2-4-12(7-10)23-16(20-21-22-23)25-9-15(24)19-14-6-5-11(17)8-13(14)18/h2-8H,9H2,1H3,(H,19,24). The first-order valence-corrected chi connectivity index (χ1v) is 9.42. The molecule has 0 bridgehead atoms. The van der Waals surface area contributed by atoms with Gasteiger partial charge in [-0.05, 0) is 53.2 Å². The lowest BCUT2D eigenvalue weighted by molar-refractivity contribution is -0.113. The maximum Gasteiger partial charge on any atom is 0.234 e. The van der Waals surface area contributed by atoms with E-state index in [0.717, 1.165) is 15.7 Å². The molecule has 0 saturated carbocycles. The van der Waals surface area contributed by atoms with Gasteiger partial charge in [0.2, 0.25) is 11.1 Å². The van der Waals surface area contributed by atoms with Gasteiger partial charge < -0.3 is 5.32 Å². The molecule has 6 nitrogen and oxygen atoms in total. The number of anilines is 1. The van der Waals surface area contributed by atoms with Gasteiger partial charge in [0.15, 0.2) is 0 Å². The Morgan fingerprint density at radius 1 is 1.32 bits per heavy atom. The molecule has 0 fully saturated rings. The Morgan fingerprint density at radius 3 is 2.92 bits per heavy atom. The van der Waals surface area contributed by atoms with Gasteiger partial charge in [0.25, 0.3) is 0 Å². The normalized spacial score (nSPS) is 10.7. The topological polar surface area (TPSA) is 72.7 Å². The molecule has 0 aliphatic carbocycles. The average molecular weight is 439 g/mol. The van der Waals surface area contributed by atoms with Gasteiger partial charge in [-0.2, -0.15) is 4.68 Å². The molecular weight excluding hydrogens is 426 g/mol. The molecule has 1 aromatic heterocycles. The van der Waals surface area contributed by atoms with Crippen LogP contribution in [0.1, 0.15) is 5.56 Å². The van der Waals surface area contributed by atoms with E-state index in [1.54, 1.807) is 16.8 Å². The Bertz CT molecular complexity index is 917. The van der Waals surface area contributed by atoms with E-state index in [0.29, 0.717) is 15.9 Å². The summed E-state index contributed by atoms with van der Waals surface area (Å²) >= 11 is 10.7. The van der Waals surface area contributed by atoms with E-state index in [2.05, 4.69) is 36.8 Å². The van der Waals surface area contributed by atoms with Crippen molar-refractivity contribution in [3.8, 4) is 5.69 Å². The molecule has 1 heterocycles. The van der Waals surface area contributed by atoms with Crippen molar-refractivity contribution >= 4 is 50.9 Å². The number of thioether (sulfide) groups is 1. The van der Waals surface area contributed by atoms with Crippen molar-refractivity contribution in [3.05, 3.63) is 57.5 Å². The number of halogens is 2. The van der Waals surface area contributed by atoms with Gasteiger partial charge in [-0.15, -0.1) is 5.10 Å². The summed E-state index contributed by atoms with van der Waals surface area (Å²) in [6.07, 6.45) is 0. The molecule has 1 amide bonds. The largest absolute Gasteiger partial charge is 0.324 e. The molecule has 9 heteroatoms. The summed E-state index contributed by atoms with van der Waals surface area (Å²) in [5.41, 5.74) is 2.52. The number of aromatic nitrogens is 4. The lowest BCUT2D eigenvalue weighted by Gasteiger charge is -2.08. The average Bonchev–Trinajstić information content (AvgIpc) is 3.04. The Kier molecular flexibility index (Phi) is 5.72. The van der Waals surface area contributed by atoms with Crippen LogP contribution in [-0.2, 0) is 4.79 Å². The first-order chi connectivity index (χ1) is 12.0. The molecule has 0 aliphatic heterocycles. The summed E-state index contributed by atoms with van der Waals surface area (Å²) in [6.45, 7) is 2.00. The van der Waals surface area contributed by atoms with Crippen molar-refractivity contribution < 1.29 is 4.79 Å². The van der Waals surface area contributed by atoms with Crippen molar-refractivity contribution in [2.75, 3.05) is 11.1 Å². The Labute approximate surface area is 162 Å². The van der Waals surface area contributed by atoms with Crippen LogP contribution in [0.4, 0.5) is 5.69 Å². The minimum atomic E-state index is -0.187. The molecule has 0 spiro atoms. The van der Waals surface area contributed by atoms with Gasteiger partial charge in [-0.3, -0.25) is 4.79 Å². The van der Waals surface area contributed by atoms with Gasteiger partial charge in [0, 0.05) is 4.47 Å². The van der Waals surface area contributed by atoms with Crippen LogP contribution in [0.15, 0.2) is 52.1 Å². The SMILES string of the molecule is Cc1cccc(-n2nnnc2SCC(=O)Nc2ccc(Br)cc2Cl)c1. The minimum Gasteiger partial charge on any atom is -0.324 e. The number of hydrogen-bond donors (Lipinski definition) is 1. The second kappa shape index (κ2) is 7.99. The van der Waals surface area contributed by atoms with E-state index in [1.165, 1.54) is 11.8 Å². The van der Waals surface area contributed by atoms with E-state index in [1.807, 2.05) is 37.3 Å². The summed E-state index contributed by atoms with van der Waals surface area (Å²) in [4.78, 5) is 12.2. The quantitative estimate of drug-likeness (QED) is 0.607. The number of carbonyl (C=O) groups is 1. The number of carbonyl (C=O) groups excluding carboxylic acids is 1. The van der Waals surface area contributed by atoms with Crippen LogP contribution in [0.3, 0.4) is 0 Å². The highest BCUT2D eigenvalue weighted by Gasteiger charge is 2.12. The lowest BCUT2D eigenvalue weighted by atomic mass is 10.2. The Morgan fingerprint density at radius 2 is 2.16 bits per heavy atom. The third kappa shape index (κ3) is 4.59. The van der Waals surface area contributed by atoms with Crippen LogP contribution in [-0.4, -0.2) is 31.9 Å². The van der Waals surface area contributed by atoms with Crippen LogP contribution in [0.2, 0.25) is 5.02 Å². The number of hydrogen-bond acceptors (Lipinski definition) is 5. The summed E-state index contributed by atoms with van der Waals surface area (Å²) < 4.78 is 2.46. The van der Waals surface area contributed by atoms with Crippen LogP contribution < -0.4 is 5.32 Å². The van der Waals surface area contributed by atoms with E-state index < -0.39 is 0 Å². The number of benzene rings is 2. The van der Waals surface area contributed by atoms with Crippen LogP contribution in [0.5, 0.6) is 0 Å². The van der Waals surface area contributed by atoms with Gasteiger partial charge in [-0.1, -0.05) is 51.4 Å². The molecule has 0 saturated heterocycles. The number of tetrazole rings is 1. The van der Waals surface area contributed by atoms with E-state index >= 15 is 0 Å². The van der Waals surface area contributed by atoms with Crippen molar-refractivity contribution in [2.45, 2.75) is 12.1 Å². The smallest absolute Gasteiger partial charge is 0.234 e. The van der Waals surface area contributed by atoms with Crippen LogP contribution >= 0.6 is 39.3 Å². The predicted molar refractivity (Wildman–Crippen MR) is 102 cm³/mol. The molecule has 0 aliphatic rings. The van der Waals surface area contributed by atoms with Gasteiger partial charge in [0.05, 0.1) is 22.2 Å². The van der Waals surface area contributed by atoms with E-state index in [-0.39, 0.29) is 11.7 Å². The first-order valence-electron chi connectivity index (χ1n) is 7.26.